The Labute approximate surface area is 182 Å². The van der Waals surface area contributed by atoms with Gasteiger partial charge in [-0.05, 0) is 38.5 Å². The molecule has 0 atom stereocenters. The second-order valence-electron chi connectivity index (χ2n) is 6.89. The predicted molar refractivity (Wildman–Crippen MR) is 118 cm³/mol. The van der Waals surface area contributed by atoms with E-state index in [2.05, 4.69) is 15.0 Å². The van der Waals surface area contributed by atoms with Crippen molar-refractivity contribution >= 4 is 50.2 Å². The maximum Gasteiger partial charge on any atom is 0.348 e. The van der Waals surface area contributed by atoms with E-state index in [9.17, 15) is 9.59 Å². The number of benzene rings is 1. The number of hydrogen-bond acceptors (Lipinski definition) is 9. The number of aryl methyl sites for hydroxylation is 2. The van der Waals surface area contributed by atoms with Crippen LogP contribution in [-0.2, 0) is 16.1 Å². The molecule has 0 unspecified atom stereocenters. The van der Waals surface area contributed by atoms with E-state index in [1.54, 1.807) is 19.9 Å². The molecule has 158 valence electrons. The van der Waals surface area contributed by atoms with Crippen LogP contribution in [0.5, 0.6) is 0 Å². The topological polar surface area (TPSA) is 117 Å². The highest BCUT2D eigenvalue weighted by atomic mass is 32.1. The molecule has 3 aromatic heterocycles. The third-order valence-electron chi connectivity index (χ3n) is 4.72. The monoisotopic (exact) mass is 436 g/mol. The Bertz CT molecular complexity index is 1330. The lowest BCUT2D eigenvalue weighted by atomic mass is 10.1. The first-order chi connectivity index (χ1) is 14.9. The van der Waals surface area contributed by atoms with Crippen molar-refractivity contribution in [3.8, 4) is 0 Å². The molecule has 31 heavy (non-hydrogen) atoms. The van der Waals surface area contributed by atoms with Crippen molar-refractivity contribution in [2.45, 2.75) is 27.4 Å². The minimum atomic E-state index is -0.501. The van der Waals surface area contributed by atoms with E-state index in [-0.39, 0.29) is 24.9 Å². The SMILES string of the molecule is CCOC(=O)c1sc2nc(COC(=O)c3cc(C)nc4ccccc34)nc(N)c2c1C. The highest BCUT2D eigenvalue weighted by molar-refractivity contribution is 7.20. The zero-order valence-corrected chi connectivity index (χ0v) is 18.1. The third-order valence-corrected chi connectivity index (χ3v) is 5.89. The molecule has 0 amide bonds. The molecule has 9 heteroatoms. The van der Waals surface area contributed by atoms with Gasteiger partial charge in [0, 0.05) is 11.1 Å². The lowest BCUT2D eigenvalue weighted by Crippen LogP contribution is -2.09. The first kappa shape index (κ1) is 20.7. The quantitative estimate of drug-likeness (QED) is 0.467. The smallest absolute Gasteiger partial charge is 0.348 e. The fourth-order valence-corrected chi connectivity index (χ4v) is 4.46. The molecule has 0 spiro atoms. The Kier molecular flexibility index (Phi) is 5.51. The Morgan fingerprint density at radius 1 is 1.06 bits per heavy atom. The number of ether oxygens (including phenoxy) is 2. The number of para-hydroxylation sites is 1. The van der Waals surface area contributed by atoms with Crippen LogP contribution in [0.25, 0.3) is 21.1 Å². The van der Waals surface area contributed by atoms with Gasteiger partial charge in [-0.15, -0.1) is 11.3 Å². The standard InChI is InChI=1S/C22H20N4O4S/c1-4-29-22(28)18-12(3)17-19(23)25-16(26-20(17)31-18)10-30-21(27)14-9-11(2)24-15-8-6-5-7-13(14)15/h5-9H,4,10H2,1-3H3,(H2,23,25,26). The van der Waals surface area contributed by atoms with E-state index in [4.69, 9.17) is 15.2 Å². The summed E-state index contributed by atoms with van der Waals surface area (Å²) in [6, 6.07) is 9.07. The molecule has 0 aliphatic carbocycles. The molecule has 0 bridgehead atoms. The van der Waals surface area contributed by atoms with Gasteiger partial charge in [0.2, 0.25) is 0 Å². The van der Waals surface area contributed by atoms with Crippen molar-refractivity contribution in [2.24, 2.45) is 0 Å². The predicted octanol–water partition coefficient (Wildman–Crippen LogP) is 3.97. The number of nitrogens with zero attached hydrogens (tertiary/aromatic N) is 3. The average molecular weight is 436 g/mol. The van der Waals surface area contributed by atoms with E-state index in [1.807, 2.05) is 31.2 Å². The van der Waals surface area contributed by atoms with Crippen molar-refractivity contribution in [1.82, 2.24) is 15.0 Å². The molecule has 4 rings (SSSR count). The zero-order valence-electron chi connectivity index (χ0n) is 17.3. The Hall–Kier alpha value is -3.59. The number of nitrogens with two attached hydrogens (primary N) is 1. The fraction of sp³-hybridized carbons (Fsp3) is 0.227. The molecule has 4 aromatic rings. The molecule has 0 fully saturated rings. The maximum atomic E-state index is 12.8. The van der Waals surface area contributed by atoms with Crippen molar-refractivity contribution in [2.75, 3.05) is 12.3 Å². The van der Waals surface area contributed by atoms with Gasteiger partial charge in [-0.25, -0.2) is 19.6 Å². The van der Waals surface area contributed by atoms with Crippen LogP contribution in [0.1, 0.15) is 44.0 Å². The molecule has 0 saturated carbocycles. The summed E-state index contributed by atoms with van der Waals surface area (Å²) in [5.41, 5.74) is 8.65. The van der Waals surface area contributed by atoms with Gasteiger partial charge in [0.05, 0.1) is 23.1 Å². The van der Waals surface area contributed by atoms with Gasteiger partial charge in [-0.3, -0.25) is 4.98 Å². The van der Waals surface area contributed by atoms with Crippen molar-refractivity contribution in [1.29, 1.82) is 0 Å². The molecule has 8 nitrogen and oxygen atoms in total. The van der Waals surface area contributed by atoms with Gasteiger partial charge in [0.25, 0.3) is 0 Å². The van der Waals surface area contributed by atoms with E-state index in [1.165, 1.54) is 11.3 Å². The second kappa shape index (κ2) is 8.27. The van der Waals surface area contributed by atoms with Crippen LogP contribution in [0.2, 0.25) is 0 Å². The molecule has 0 radical (unpaired) electrons. The van der Waals surface area contributed by atoms with Gasteiger partial charge in [0.15, 0.2) is 12.4 Å². The first-order valence-electron chi connectivity index (χ1n) is 9.65. The number of aromatic nitrogens is 3. The highest BCUT2D eigenvalue weighted by Crippen LogP contribution is 2.33. The van der Waals surface area contributed by atoms with Gasteiger partial charge in [-0.1, -0.05) is 18.2 Å². The number of carbonyl (C=O) groups excluding carboxylic acids is 2. The van der Waals surface area contributed by atoms with Crippen LogP contribution in [0.3, 0.4) is 0 Å². The number of thiophene rings is 1. The highest BCUT2D eigenvalue weighted by Gasteiger charge is 2.21. The molecule has 0 aliphatic rings. The van der Waals surface area contributed by atoms with E-state index < -0.39 is 11.9 Å². The summed E-state index contributed by atoms with van der Waals surface area (Å²) in [5, 5.41) is 1.32. The van der Waals surface area contributed by atoms with E-state index in [0.29, 0.717) is 37.3 Å². The van der Waals surface area contributed by atoms with Gasteiger partial charge in [0.1, 0.15) is 15.5 Å². The molecule has 0 aliphatic heterocycles. The number of pyridine rings is 1. The Morgan fingerprint density at radius 3 is 2.61 bits per heavy atom. The minimum Gasteiger partial charge on any atom is -0.462 e. The molecular weight excluding hydrogens is 416 g/mol. The minimum absolute atomic E-state index is 0.152. The van der Waals surface area contributed by atoms with Gasteiger partial charge < -0.3 is 15.2 Å². The summed E-state index contributed by atoms with van der Waals surface area (Å²) < 4.78 is 10.6. The number of fused-ring (bicyclic) bond motifs is 2. The second-order valence-corrected chi connectivity index (χ2v) is 7.89. The number of rotatable bonds is 5. The Morgan fingerprint density at radius 2 is 1.84 bits per heavy atom. The zero-order chi connectivity index (χ0) is 22.1. The summed E-state index contributed by atoms with van der Waals surface area (Å²) in [6.07, 6.45) is 0. The van der Waals surface area contributed by atoms with Crippen LogP contribution < -0.4 is 5.73 Å². The third kappa shape index (κ3) is 3.91. The maximum absolute atomic E-state index is 12.8. The van der Waals surface area contributed by atoms with Gasteiger partial charge >= 0.3 is 11.9 Å². The van der Waals surface area contributed by atoms with Crippen molar-refractivity contribution in [3.05, 3.63) is 57.9 Å². The molecule has 3 heterocycles. The number of hydrogen-bond donors (Lipinski definition) is 1. The van der Waals surface area contributed by atoms with Crippen molar-refractivity contribution in [3.63, 3.8) is 0 Å². The molecule has 2 N–H and O–H groups in total. The molecule has 1 aromatic carbocycles. The number of carbonyl (C=O) groups is 2. The summed E-state index contributed by atoms with van der Waals surface area (Å²) in [4.78, 5) is 39.0. The summed E-state index contributed by atoms with van der Waals surface area (Å²) in [6.45, 7) is 5.47. The van der Waals surface area contributed by atoms with Crippen LogP contribution in [0.4, 0.5) is 5.82 Å². The number of anilines is 1. The van der Waals surface area contributed by atoms with Gasteiger partial charge in [-0.2, -0.15) is 0 Å². The Balaban J connectivity index is 1.61. The van der Waals surface area contributed by atoms with Crippen LogP contribution in [0.15, 0.2) is 30.3 Å². The largest absolute Gasteiger partial charge is 0.462 e. The lowest BCUT2D eigenvalue weighted by Gasteiger charge is -2.08. The summed E-state index contributed by atoms with van der Waals surface area (Å²) in [7, 11) is 0. The average Bonchev–Trinajstić information content (AvgIpc) is 3.08. The summed E-state index contributed by atoms with van der Waals surface area (Å²) in [5.74, 6) is -0.440. The summed E-state index contributed by atoms with van der Waals surface area (Å²) >= 11 is 1.18. The van der Waals surface area contributed by atoms with Crippen molar-refractivity contribution < 1.29 is 19.1 Å². The van der Waals surface area contributed by atoms with E-state index in [0.717, 1.165) is 5.52 Å². The van der Waals surface area contributed by atoms with Crippen LogP contribution in [0, 0.1) is 13.8 Å². The number of nitrogen functional groups attached to an aromatic ring is 1. The normalized spacial score (nSPS) is 11.1. The fourth-order valence-electron chi connectivity index (χ4n) is 3.36. The number of esters is 2. The first-order valence-corrected chi connectivity index (χ1v) is 10.5. The lowest BCUT2D eigenvalue weighted by molar-refractivity contribution is 0.0463. The van der Waals surface area contributed by atoms with Crippen LogP contribution in [-0.4, -0.2) is 33.5 Å². The van der Waals surface area contributed by atoms with E-state index >= 15 is 0 Å². The molecular formula is C22H20N4O4S. The van der Waals surface area contributed by atoms with Crippen LogP contribution >= 0.6 is 11.3 Å². The molecule has 0 saturated heterocycles.